The van der Waals surface area contributed by atoms with Crippen molar-refractivity contribution in [3.05, 3.63) is 71.4 Å². The van der Waals surface area contributed by atoms with Crippen LogP contribution in [-0.2, 0) is 6.18 Å². The van der Waals surface area contributed by atoms with Gasteiger partial charge in [0.2, 0.25) is 0 Å². The summed E-state index contributed by atoms with van der Waals surface area (Å²) in [5.41, 5.74) is 1.24. The van der Waals surface area contributed by atoms with Crippen LogP contribution in [0.15, 0.2) is 55.1 Å². The Morgan fingerprint density at radius 1 is 1.00 bits per heavy atom. The summed E-state index contributed by atoms with van der Waals surface area (Å²) in [7, 11) is 0. The maximum Gasteiger partial charge on any atom is 0.418 e. The van der Waals surface area contributed by atoms with E-state index in [-0.39, 0.29) is 16.7 Å². The number of nitrogens with zero attached hydrogens (tertiary/aromatic N) is 5. The number of nitrogens with one attached hydrogen (secondary N) is 2. The van der Waals surface area contributed by atoms with Crippen LogP contribution in [0.4, 0.5) is 19.0 Å². The third kappa shape index (κ3) is 3.82. The zero-order valence-corrected chi connectivity index (χ0v) is 17.8. The summed E-state index contributed by atoms with van der Waals surface area (Å²) in [6, 6.07) is 10.1. The molecule has 0 fully saturated rings. The summed E-state index contributed by atoms with van der Waals surface area (Å²) in [5, 5.41) is 3.59. The number of imidazole rings is 1. The zero-order valence-electron chi connectivity index (χ0n) is 17.0. The Kier molecular flexibility index (Phi) is 5.09. The fraction of sp³-hybridized carbons (Fsp3) is 0.136. The standard InChI is InChI=1S/C22H15ClF3N7/c1-11(31-21-19-20(28-9-27-19)29-10-30-21)16-17(12-5-2-3-7-14(12)23)33-18-13(22(24,25)26)6-4-8-15(18)32-16/h2-11H,1H3,(H2,27,28,29,30,31)/t11-/m1/s1. The maximum absolute atomic E-state index is 13.7. The largest absolute Gasteiger partial charge is 0.418 e. The number of hydrogen-bond acceptors (Lipinski definition) is 6. The zero-order chi connectivity index (χ0) is 23.2. The molecule has 0 bridgehead atoms. The third-order valence-electron chi connectivity index (χ3n) is 5.14. The Labute approximate surface area is 190 Å². The number of aromatic amines is 1. The summed E-state index contributed by atoms with van der Waals surface area (Å²) in [4.78, 5) is 24.4. The van der Waals surface area contributed by atoms with Gasteiger partial charge in [0.15, 0.2) is 11.5 Å². The van der Waals surface area contributed by atoms with Crippen molar-refractivity contribution in [3.63, 3.8) is 0 Å². The van der Waals surface area contributed by atoms with Crippen molar-refractivity contribution in [1.29, 1.82) is 0 Å². The second-order valence-electron chi connectivity index (χ2n) is 7.30. The quantitative estimate of drug-likeness (QED) is 0.345. The highest BCUT2D eigenvalue weighted by Crippen LogP contribution is 2.38. The molecular weight excluding hydrogens is 455 g/mol. The fourth-order valence-electron chi connectivity index (χ4n) is 3.62. The number of halogens is 4. The second kappa shape index (κ2) is 7.96. The van der Waals surface area contributed by atoms with Gasteiger partial charge in [-0.2, -0.15) is 13.2 Å². The average molecular weight is 470 g/mol. The van der Waals surface area contributed by atoms with Gasteiger partial charge in [0.25, 0.3) is 0 Å². The van der Waals surface area contributed by atoms with E-state index in [2.05, 4.69) is 35.2 Å². The molecule has 33 heavy (non-hydrogen) atoms. The first kappa shape index (κ1) is 21.1. The van der Waals surface area contributed by atoms with Gasteiger partial charge in [-0.3, -0.25) is 0 Å². The molecule has 11 heteroatoms. The van der Waals surface area contributed by atoms with Crippen molar-refractivity contribution >= 4 is 39.6 Å². The molecular formula is C22H15ClF3N7. The molecule has 0 aliphatic heterocycles. The molecule has 0 amide bonds. The molecule has 3 heterocycles. The van der Waals surface area contributed by atoms with Crippen LogP contribution >= 0.6 is 11.6 Å². The number of benzene rings is 2. The van der Waals surface area contributed by atoms with Gasteiger partial charge >= 0.3 is 6.18 Å². The van der Waals surface area contributed by atoms with Crippen molar-refractivity contribution in [1.82, 2.24) is 29.9 Å². The lowest BCUT2D eigenvalue weighted by Gasteiger charge is -2.19. The van der Waals surface area contributed by atoms with Crippen LogP contribution in [0.2, 0.25) is 5.02 Å². The van der Waals surface area contributed by atoms with Gasteiger partial charge in [-0.25, -0.2) is 24.9 Å². The van der Waals surface area contributed by atoms with E-state index in [0.717, 1.165) is 6.07 Å². The third-order valence-corrected chi connectivity index (χ3v) is 5.47. The molecule has 166 valence electrons. The monoisotopic (exact) mass is 469 g/mol. The molecule has 2 aromatic carbocycles. The van der Waals surface area contributed by atoms with Crippen LogP contribution < -0.4 is 5.32 Å². The molecule has 7 nitrogen and oxygen atoms in total. The number of alkyl halides is 3. The van der Waals surface area contributed by atoms with Crippen LogP contribution in [0.1, 0.15) is 24.2 Å². The van der Waals surface area contributed by atoms with Crippen molar-refractivity contribution < 1.29 is 13.2 Å². The van der Waals surface area contributed by atoms with Crippen molar-refractivity contribution in [3.8, 4) is 11.3 Å². The Morgan fingerprint density at radius 3 is 2.61 bits per heavy atom. The molecule has 5 aromatic rings. The SMILES string of the molecule is C[C@@H](Nc1ncnc2nc[nH]c12)c1nc2cccc(C(F)(F)F)c2nc1-c1ccccc1Cl. The topological polar surface area (TPSA) is 92.3 Å². The molecule has 5 rings (SSSR count). The smallest absolute Gasteiger partial charge is 0.360 e. The van der Waals surface area contributed by atoms with E-state index in [1.54, 1.807) is 24.3 Å². The minimum absolute atomic E-state index is 0.124. The summed E-state index contributed by atoms with van der Waals surface area (Å²) in [5.74, 6) is 0.473. The molecule has 0 saturated carbocycles. The molecule has 3 aromatic heterocycles. The lowest BCUT2D eigenvalue weighted by Crippen LogP contribution is -2.14. The van der Waals surface area contributed by atoms with Gasteiger partial charge < -0.3 is 10.3 Å². The van der Waals surface area contributed by atoms with Gasteiger partial charge in [-0.05, 0) is 25.1 Å². The molecule has 0 saturated heterocycles. The number of para-hydroxylation sites is 1. The Morgan fingerprint density at radius 2 is 1.82 bits per heavy atom. The van der Waals surface area contributed by atoms with E-state index < -0.39 is 17.8 Å². The Hall–Kier alpha value is -3.79. The van der Waals surface area contributed by atoms with Crippen LogP contribution in [0.25, 0.3) is 33.5 Å². The second-order valence-corrected chi connectivity index (χ2v) is 7.71. The molecule has 2 N–H and O–H groups in total. The molecule has 0 unspecified atom stereocenters. The molecule has 1 atom stereocenters. The fourth-order valence-corrected chi connectivity index (χ4v) is 3.85. The number of anilines is 1. The van der Waals surface area contributed by atoms with Gasteiger partial charge in [-0.15, -0.1) is 0 Å². The van der Waals surface area contributed by atoms with Crippen LogP contribution in [0, 0.1) is 0 Å². The number of fused-ring (bicyclic) bond motifs is 2. The van der Waals surface area contributed by atoms with Crippen molar-refractivity contribution in [2.24, 2.45) is 0 Å². The molecule has 0 aliphatic rings. The number of hydrogen-bond donors (Lipinski definition) is 2. The predicted octanol–water partition coefficient (Wildman–Crippen LogP) is 5.81. The normalized spacial score (nSPS) is 12.9. The van der Waals surface area contributed by atoms with Gasteiger partial charge in [-0.1, -0.05) is 35.9 Å². The summed E-state index contributed by atoms with van der Waals surface area (Å²) >= 11 is 6.40. The van der Waals surface area contributed by atoms with Crippen LogP contribution in [-0.4, -0.2) is 29.9 Å². The van der Waals surface area contributed by atoms with E-state index in [9.17, 15) is 13.2 Å². The Balaban J connectivity index is 1.71. The van der Waals surface area contributed by atoms with E-state index in [4.69, 9.17) is 11.6 Å². The van der Waals surface area contributed by atoms with Crippen LogP contribution in [0.3, 0.4) is 0 Å². The van der Waals surface area contributed by atoms with E-state index in [1.165, 1.54) is 24.8 Å². The predicted molar refractivity (Wildman–Crippen MR) is 119 cm³/mol. The summed E-state index contributed by atoms with van der Waals surface area (Å²) in [6.07, 6.45) is -1.71. The molecule has 0 radical (unpaired) electrons. The summed E-state index contributed by atoms with van der Waals surface area (Å²) < 4.78 is 41.0. The molecule has 0 aliphatic carbocycles. The van der Waals surface area contributed by atoms with E-state index in [0.29, 0.717) is 33.3 Å². The first-order valence-electron chi connectivity index (χ1n) is 9.86. The van der Waals surface area contributed by atoms with E-state index >= 15 is 0 Å². The first-order valence-corrected chi connectivity index (χ1v) is 10.2. The van der Waals surface area contributed by atoms with Crippen molar-refractivity contribution in [2.45, 2.75) is 19.1 Å². The van der Waals surface area contributed by atoms with E-state index in [1.807, 2.05) is 6.92 Å². The lowest BCUT2D eigenvalue weighted by molar-refractivity contribution is -0.136. The minimum atomic E-state index is -4.58. The highest BCUT2D eigenvalue weighted by Gasteiger charge is 2.34. The van der Waals surface area contributed by atoms with Crippen LogP contribution in [0.5, 0.6) is 0 Å². The number of aromatic nitrogens is 6. The van der Waals surface area contributed by atoms with Gasteiger partial charge in [0, 0.05) is 5.56 Å². The molecule has 0 spiro atoms. The Bertz CT molecular complexity index is 1480. The lowest BCUT2D eigenvalue weighted by atomic mass is 10.0. The highest BCUT2D eigenvalue weighted by molar-refractivity contribution is 6.33. The average Bonchev–Trinajstić information content (AvgIpc) is 3.27. The minimum Gasteiger partial charge on any atom is -0.360 e. The number of rotatable bonds is 4. The van der Waals surface area contributed by atoms with Gasteiger partial charge in [0.05, 0.1) is 39.9 Å². The first-order chi connectivity index (χ1) is 15.8. The van der Waals surface area contributed by atoms with Crippen molar-refractivity contribution in [2.75, 3.05) is 5.32 Å². The van der Waals surface area contributed by atoms with Gasteiger partial charge in [0.1, 0.15) is 17.4 Å². The highest BCUT2D eigenvalue weighted by atomic mass is 35.5. The maximum atomic E-state index is 13.7. The summed E-state index contributed by atoms with van der Waals surface area (Å²) in [6.45, 7) is 1.81. The number of H-pyrrole nitrogens is 1.